The van der Waals surface area contributed by atoms with Crippen molar-refractivity contribution < 1.29 is 23.5 Å². The highest BCUT2D eigenvalue weighted by Gasteiger charge is 2.23. The third-order valence-corrected chi connectivity index (χ3v) is 2.71. The highest BCUT2D eigenvalue weighted by molar-refractivity contribution is 5.69. The number of carbonyl (C=O) groups excluding carboxylic acids is 2. The van der Waals surface area contributed by atoms with Crippen LogP contribution in [0.25, 0.3) is 6.08 Å². The van der Waals surface area contributed by atoms with E-state index in [1.807, 2.05) is 13.8 Å². The summed E-state index contributed by atoms with van der Waals surface area (Å²) in [5.74, 6) is -1.67. The largest absolute Gasteiger partial charge is 0.421 e. The van der Waals surface area contributed by atoms with Crippen molar-refractivity contribution in [1.82, 2.24) is 0 Å². The first-order chi connectivity index (χ1) is 9.81. The maximum Gasteiger partial charge on any atom is 0.305 e. The van der Waals surface area contributed by atoms with Crippen molar-refractivity contribution in [3.05, 3.63) is 41.2 Å². The molecule has 0 bridgehead atoms. The minimum Gasteiger partial charge on any atom is -0.421 e. The second-order valence-corrected chi connectivity index (χ2v) is 4.87. The fourth-order valence-electron chi connectivity index (χ4n) is 1.74. The molecule has 114 valence electrons. The summed E-state index contributed by atoms with van der Waals surface area (Å²) < 4.78 is 23.8. The predicted octanol–water partition coefficient (Wildman–Crippen LogP) is 3.32. The van der Waals surface area contributed by atoms with Gasteiger partial charge in [0.1, 0.15) is 5.82 Å². The molecular formula is C16H19FO4. The Bertz CT molecular complexity index is 533. The maximum atomic E-state index is 13.7. The molecule has 0 aliphatic carbocycles. The van der Waals surface area contributed by atoms with Gasteiger partial charge in [0.15, 0.2) is 0 Å². The molecule has 0 aliphatic heterocycles. The molecule has 1 aromatic carbocycles. The van der Waals surface area contributed by atoms with Crippen molar-refractivity contribution >= 4 is 18.0 Å². The Labute approximate surface area is 123 Å². The van der Waals surface area contributed by atoms with Crippen LogP contribution in [0.3, 0.4) is 0 Å². The van der Waals surface area contributed by atoms with Gasteiger partial charge in [0.05, 0.1) is 0 Å². The van der Waals surface area contributed by atoms with Gasteiger partial charge in [-0.3, -0.25) is 9.59 Å². The number of benzene rings is 1. The quantitative estimate of drug-likeness (QED) is 0.617. The lowest BCUT2D eigenvalue weighted by Crippen LogP contribution is -2.27. The summed E-state index contributed by atoms with van der Waals surface area (Å²) in [7, 11) is 0. The summed E-state index contributed by atoms with van der Waals surface area (Å²) in [6, 6.07) is 6.20. The second-order valence-electron chi connectivity index (χ2n) is 4.87. The van der Waals surface area contributed by atoms with Crippen LogP contribution in [0.4, 0.5) is 4.39 Å². The topological polar surface area (TPSA) is 52.6 Å². The van der Waals surface area contributed by atoms with Crippen LogP contribution in [0, 0.1) is 11.7 Å². The van der Waals surface area contributed by atoms with Crippen molar-refractivity contribution in [2.45, 2.75) is 34.0 Å². The van der Waals surface area contributed by atoms with Crippen LogP contribution >= 0.6 is 0 Å². The average Bonchev–Trinajstić information content (AvgIpc) is 2.35. The summed E-state index contributed by atoms with van der Waals surface area (Å²) in [6.45, 7) is 6.12. The number of carbonyl (C=O) groups is 2. The van der Waals surface area contributed by atoms with E-state index < -0.39 is 24.0 Å². The van der Waals surface area contributed by atoms with Crippen LogP contribution in [0.5, 0.6) is 0 Å². The molecule has 0 unspecified atom stereocenters. The average molecular weight is 294 g/mol. The monoisotopic (exact) mass is 294 g/mol. The first-order valence-electron chi connectivity index (χ1n) is 6.61. The number of esters is 2. The predicted molar refractivity (Wildman–Crippen MR) is 76.5 cm³/mol. The molecule has 0 saturated heterocycles. The summed E-state index contributed by atoms with van der Waals surface area (Å²) >= 11 is 0. The first-order valence-corrected chi connectivity index (χ1v) is 6.61. The minimum atomic E-state index is -1.15. The lowest BCUT2D eigenvalue weighted by molar-refractivity contribution is -0.178. The third kappa shape index (κ3) is 5.38. The molecule has 0 saturated carbocycles. The first kappa shape index (κ1) is 16.9. The van der Waals surface area contributed by atoms with E-state index in [4.69, 9.17) is 9.47 Å². The number of hydrogen-bond donors (Lipinski definition) is 0. The van der Waals surface area contributed by atoms with Crippen molar-refractivity contribution in [3.63, 3.8) is 0 Å². The number of hydrogen-bond acceptors (Lipinski definition) is 4. The Morgan fingerprint density at radius 2 is 1.62 bits per heavy atom. The maximum absolute atomic E-state index is 13.7. The minimum absolute atomic E-state index is 0.103. The van der Waals surface area contributed by atoms with E-state index in [1.54, 1.807) is 18.2 Å². The van der Waals surface area contributed by atoms with E-state index in [9.17, 15) is 14.0 Å². The van der Waals surface area contributed by atoms with Crippen LogP contribution in [0.15, 0.2) is 29.8 Å². The molecule has 0 atom stereocenters. The van der Waals surface area contributed by atoms with Crippen LogP contribution in [-0.4, -0.2) is 18.2 Å². The zero-order valence-electron chi connectivity index (χ0n) is 12.6. The highest BCUT2D eigenvalue weighted by atomic mass is 19.1. The molecule has 0 spiro atoms. The summed E-state index contributed by atoms with van der Waals surface area (Å²) in [5.41, 5.74) is 0.844. The number of ether oxygens (including phenoxy) is 2. The summed E-state index contributed by atoms with van der Waals surface area (Å²) in [6.07, 6.45) is 0.385. The molecule has 0 fully saturated rings. The molecule has 0 heterocycles. The zero-order chi connectivity index (χ0) is 16.0. The summed E-state index contributed by atoms with van der Waals surface area (Å²) in [5, 5.41) is 0. The van der Waals surface area contributed by atoms with Gasteiger partial charge in [0, 0.05) is 25.0 Å². The van der Waals surface area contributed by atoms with Crippen LogP contribution in [0.1, 0.15) is 33.3 Å². The van der Waals surface area contributed by atoms with Gasteiger partial charge in [-0.2, -0.15) is 0 Å². The molecule has 0 N–H and O–H groups in total. The van der Waals surface area contributed by atoms with E-state index in [0.29, 0.717) is 11.1 Å². The highest BCUT2D eigenvalue weighted by Crippen LogP contribution is 2.23. The van der Waals surface area contributed by atoms with Gasteiger partial charge < -0.3 is 9.47 Å². The Morgan fingerprint density at radius 3 is 2.05 bits per heavy atom. The lowest BCUT2D eigenvalue weighted by Gasteiger charge is -2.22. The van der Waals surface area contributed by atoms with E-state index in [0.717, 1.165) is 0 Å². The van der Waals surface area contributed by atoms with Gasteiger partial charge in [-0.1, -0.05) is 32.0 Å². The van der Waals surface area contributed by atoms with Crippen molar-refractivity contribution in [2.24, 2.45) is 5.92 Å². The van der Waals surface area contributed by atoms with Gasteiger partial charge in [-0.15, -0.1) is 0 Å². The van der Waals surface area contributed by atoms with Gasteiger partial charge >= 0.3 is 11.9 Å². The Hall–Kier alpha value is -2.17. The molecule has 0 aromatic heterocycles. The van der Waals surface area contributed by atoms with E-state index >= 15 is 0 Å². The fourth-order valence-corrected chi connectivity index (χ4v) is 1.74. The molecule has 1 rings (SSSR count). The Kier molecular flexibility index (Phi) is 6.09. The number of rotatable bonds is 5. The Balaban J connectivity index is 3.20. The molecule has 0 amide bonds. The van der Waals surface area contributed by atoms with Crippen molar-refractivity contribution in [2.75, 3.05) is 0 Å². The van der Waals surface area contributed by atoms with Gasteiger partial charge in [0.2, 0.25) is 0 Å². The van der Waals surface area contributed by atoms with E-state index in [2.05, 4.69) is 0 Å². The molecule has 5 heteroatoms. The van der Waals surface area contributed by atoms with Crippen LogP contribution in [-0.2, 0) is 19.1 Å². The Morgan fingerprint density at radius 1 is 1.10 bits per heavy atom. The molecule has 0 aliphatic rings. The lowest BCUT2D eigenvalue weighted by atomic mass is 9.99. The van der Waals surface area contributed by atoms with Gasteiger partial charge in [0.25, 0.3) is 6.29 Å². The molecule has 4 nitrogen and oxygen atoms in total. The van der Waals surface area contributed by atoms with Crippen LogP contribution < -0.4 is 0 Å². The van der Waals surface area contributed by atoms with E-state index in [1.165, 1.54) is 26.0 Å². The van der Waals surface area contributed by atoms with Crippen molar-refractivity contribution in [1.29, 1.82) is 0 Å². The van der Waals surface area contributed by atoms with E-state index in [-0.39, 0.29) is 5.92 Å². The normalized spacial score (nSPS) is 11.7. The SMILES string of the molecule is CC(=O)OC(OC(C)=O)C(=Cc1ccccc1F)C(C)C. The second kappa shape index (κ2) is 7.57. The third-order valence-electron chi connectivity index (χ3n) is 2.71. The fraction of sp³-hybridized carbons (Fsp3) is 0.375. The number of halogens is 1. The zero-order valence-corrected chi connectivity index (χ0v) is 12.6. The van der Waals surface area contributed by atoms with Crippen molar-refractivity contribution in [3.8, 4) is 0 Å². The molecule has 21 heavy (non-hydrogen) atoms. The van der Waals surface area contributed by atoms with Gasteiger partial charge in [-0.05, 0) is 18.1 Å². The molecule has 1 aromatic rings. The standard InChI is InChI=1S/C16H19FO4/c1-10(2)14(9-13-7-5-6-8-15(13)17)16(20-11(3)18)21-12(4)19/h5-10,16H,1-4H3. The van der Waals surface area contributed by atoms with Crippen LogP contribution in [0.2, 0.25) is 0 Å². The van der Waals surface area contributed by atoms with Gasteiger partial charge in [-0.25, -0.2) is 4.39 Å². The molecular weight excluding hydrogens is 275 g/mol. The summed E-state index contributed by atoms with van der Waals surface area (Å²) in [4.78, 5) is 22.3. The smallest absolute Gasteiger partial charge is 0.305 e. The molecule has 0 radical (unpaired) electrons.